The number of aromatic nitrogens is 1. The van der Waals surface area contributed by atoms with Crippen molar-refractivity contribution in [3.63, 3.8) is 0 Å². The molecule has 3 heterocycles. The molecular formula is C29H38F3N5O4S. The Morgan fingerprint density at radius 2 is 1.83 bits per heavy atom. The van der Waals surface area contributed by atoms with E-state index in [9.17, 15) is 22.8 Å². The molecule has 2 aliphatic heterocycles. The van der Waals surface area contributed by atoms with Crippen LogP contribution in [0, 0.1) is 17.2 Å². The normalized spacial score (nSPS) is 28.7. The van der Waals surface area contributed by atoms with Crippen LogP contribution in [0.15, 0.2) is 12.3 Å². The number of nitriles is 1. The van der Waals surface area contributed by atoms with Gasteiger partial charge in [-0.3, -0.25) is 19.4 Å². The van der Waals surface area contributed by atoms with Crippen LogP contribution in [0.2, 0.25) is 0 Å². The van der Waals surface area contributed by atoms with Crippen molar-refractivity contribution >= 4 is 34.9 Å². The number of aliphatic carboxylic acids is 1. The van der Waals surface area contributed by atoms with Gasteiger partial charge in [0.1, 0.15) is 11.6 Å². The van der Waals surface area contributed by atoms with Crippen LogP contribution in [0.3, 0.4) is 0 Å². The van der Waals surface area contributed by atoms with Crippen LogP contribution < -0.4 is 4.90 Å². The van der Waals surface area contributed by atoms with Gasteiger partial charge in [-0.25, -0.2) is 4.98 Å². The van der Waals surface area contributed by atoms with Gasteiger partial charge in [0.25, 0.3) is 5.91 Å². The molecule has 1 aromatic heterocycles. The summed E-state index contributed by atoms with van der Waals surface area (Å²) < 4.78 is 46.9. The lowest BCUT2D eigenvalue weighted by Gasteiger charge is -2.42. The van der Waals surface area contributed by atoms with Crippen LogP contribution in [0.1, 0.15) is 83.9 Å². The number of hydrogen-bond donors (Lipinski definition) is 1. The first kappa shape index (κ1) is 32.1. The molecule has 230 valence electrons. The quantitative estimate of drug-likeness (QED) is 0.408. The van der Waals surface area contributed by atoms with E-state index < -0.39 is 34.8 Å². The number of thiocarbonyl (C=S) groups is 1. The van der Waals surface area contributed by atoms with Crippen LogP contribution in [-0.4, -0.2) is 79.8 Å². The summed E-state index contributed by atoms with van der Waals surface area (Å²) >= 11 is 5.67. The molecule has 4 rings (SSSR count). The average Bonchev–Trinajstić information content (AvgIpc) is 3.08. The highest BCUT2D eigenvalue weighted by atomic mass is 32.1. The molecule has 3 fully saturated rings. The highest BCUT2D eigenvalue weighted by molar-refractivity contribution is 7.80. The Balaban J connectivity index is 1.34. The van der Waals surface area contributed by atoms with E-state index in [1.165, 1.54) is 6.07 Å². The number of carboxylic acids is 1. The van der Waals surface area contributed by atoms with Crippen molar-refractivity contribution in [1.82, 2.24) is 14.8 Å². The van der Waals surface area contributed by atoms with Gasteiger partial charge in [0.2, 0.25) is 0 Å². The molecule has 1 N–H and O–H groups in total. The second-order valence-corrected chi connectivity index (χ2v) is 12.6. The zero-order valence-electron chi connectivity index (χ0n) is 24.4. The SMILES string of the molecule is CC1CC(OCCC2CCC(N3C(=S)N(c4cnc(C#N)c(C(F)(F)F)c4)C(=O)C3(C)C)CC2)CC(C)N1CC(=O)O. The third kappa shape index (κ3) is 6.55. The lowest BCUT2D eigenvalue weighted by atomic mass is 9.82. The standard InChI is InChI=1S/C29H38F3N5O4S/c1-17-11-22(12-18(2)35(17)16-25(38)39)41-10-9-19-5-7-20(8-6-19)37-27(42)36(26(40)28(37,3)4)21-13-23(29(30,31)32)24(14-33)34-15-21/h13,15,17-20,22H,5-12,16H2,1-4H3,(H,38,39). The van der Waals surface area contributed by atoms with Gasteiger partial charge in [-0.15, -0.1) is 0 Å². The van der Waals surface area contributed by atoms with E-state index >= 15 is 0 Å². The molecule has 0 radical (unpaired) electrons. The number of carboxylic acid groups (broad SMARTS) is 1. The molecular weight excluding hydrogens is 571 g/mol. The predicted octanol–water partition coefficient (Wildman–Crippen LogP) is 4.98. The van der Waals surface area contributed by atoms with Gasteiger partial charge in [0.15, 0.2) is 10.8 Å². The minimum absolute atomic E-state index is 0.0349. The Bertz CT molecular complexity index is 1230. The summed E-state index contributed by atoms with van der Waals surface area (Å²) in [5, 5.41) is 18.4. The third-order valence-corrected chi connectivity index (χ3v) is 9.37. The van der Waals surface area contributed by atoms with Gasteiger partial charge in [-0.2, -0.15) is 18.4 Å². The summed E-state index contributed by atoms with van der Waals surface area (Å²) in [7, 11) is 0. The minimum Gasteiger partial charge on any atom is -0.480 e. The summed E-state index contributed by atoms with van der Waals surface area (Å²) in [6, 6.07) is 2.47. The van der Waals surface area contributed by atoms with E-state index in [1.54, 1.807) is 13.8 Å². The van der Waals surface area contributed by atoms with E-state index in [0.29, 0.717) is 12.5 Å². The van der Waals surface area contributed by atoms with Crippen LogP contribution >= 0.6 is 12.2 Å². The molecule has 9 nitrogen and oxygen atoms in total. The van der Waals surface area contributed by atoms with Crippen molar-refractivity contribution in [3.05, 3.63) is 23.5 Å². The first-order chi connectivity index (χ1) is 19.6. The lowest BCUT2D eigenvalue weighted by molar-refractivity contribution is -0.141. The summed E-state index contributed by atoms with van der Waals surface area (Å²) in [6.07, 6.45) is 2.30. The molecule has 1 aliphatic carbocycles. The molecule has 1 aromatic rings. The fraction of sp³-hybridized carbons (Fsp3) is 0.690. The lowest BCUT2D eigenvalue weighted by Crippen LogP contribution is -2.51. The van der Waals surface area contributed by atoms with Gasteiger partial charge < -0.3 is 14.7 Å². The van der Waals surface area contributed by atoms with E-state index in [0.717, 1.165) is 62.1 Å². The molecule has 2 saturated heterocycles. The molecule has 0 spiro atoms. The number of alkyl halides is 3. The molecule has 0 bridgehead atoms. The zero-order valence-corrected chi connectivity index (χ0v) is 25.2. The van der Waals surface area contributed by atoms with Gasteiger partial charge in [-0.05, 0) is 96.8 Å². The molecule has 2 unspecified atom stereocenters. The molecule has 42 heavy (non-hydrogen) atoms. The summed E-state index contributed by atoms with van der Waals surface area (Å²) in [4.78, 5) is 33.3. The van der Waals surface area contributed by atoms with E-state index in [4.69, 9.17) is 27.3 Å². The number of anilines is 1. The molecule has 13 heteroatoms. The number of likely N-dealkylation sites (tertiary alicyclic amines) is 1. The number of rotatable bonds is 8. The maximum atomic E-state index is 13.6. The number of carbonyl (C=O) groups is 2. The van der Waals surface area contributed by atoms with Gasteiger partial charge in [-0.1, -0.05) is 0 Å². The zero-order chi connectivity index (χ0) is 31.0. The second-order valence-electron chi connectivity index (χ2n) is 12.2. The van der Waals surface area contributed by atoms with Crippen molar-refractivity contribution in [2.75, 3.05) is 18.1 Å². The minimum atomic E-state index is -4.80. The summed E-state index contributed by atoms with van der Waals surface area (Å²) in [5.74, 6) is -0.799. The van der Waals surface area contributed by atoms with E-state index in [2.05, 4.69) is 4.98 Å². The molecule has 1 amide bonds. The van der Waals surface area contributed by atoms with Gasteiger partial charge >= 0.3 is 12.1 Å². The largest absolute Gasteiger partial charge is 0.480 e. The van der Waals surface area contributed by atoms with Crippen molar-refractivity contribution in [1.29, 1.82) is 5.26 Å². The van der Waals surface area contributed by atoms with Crippen molar-refractivity contribution < 1.29 is 32.6 Å². The smallest absolute Gasteiger partial charge is 0.419 e. The Morgan fingerprint density at radius 3 is 2.38 bits per heavy atom. The number of pyridine rings is 1. The Morgan fingerprint density at radius 1 is 1.21 bits per heavy atom. The fourth-order valence-corrected chi connectivity index (χ4v) is 7.36. The summed E-state index contributed by atoms with van der Waals surface area (Å²) in [6.45, 7) is 8.21. The molecule has 3 aliphatic rings. The molecule has 1 saturated carbocycles. The maximum absolute atomic E-state index is 13.6. The number of amides is 1. The number of ether oxygens (including phenoxy) is 1. The number of hydrogen-bond acceptors (Lipinski definition) is 7. The van der Waals surface area contributed by atoms with Crippen LogP contribution in [0.5, 0.6) is 0 Å². The Labute approximate surface area is 249 Å². The van der Waals surface area contributed by atoms with Crippen molar-refractivity contribution in [2.24, 2.45) is 5.92 Å². The van der Waals surface area contributed by atoms with E-state index in [1.807, 2.05) is 23.6 Å². The topological polar surface area (TPSA) is 110 Å². The van der Waals surface area contributed by atoms with Crippen LogP contribution in [-0.2, 0) is 20.5 Å². The van der Waals surface area contributed by atoms with Crippen LogP contribution in [0.25, 0.3) is 0 Å². The first-order valence-electron chi connectivity index (χ1n) is 14.4. The average molecular weight is 610 g/mol. The first-order valence-corrected chi connectivity index (χ1v) is 14.8. The Hall–Kier alpha value is -2.82. The van der Waals surface area contributed by atoms with Gasteiger partial charge in [0, 0.05) is 24.7 Å². The highest BCUT2D eigenvalue weighted by Crippen LogP contribution is 2.41. The summed E-state index contributed by atoms with van der Waals surface area (Å²) in [5.41, 5.74) is -3.11. The second kappa shape index (κ2) is 12.4. The van der Waals surface area contributed by atoms with E-state index in [-0.39, 0.29) is 41.6 Å². The van der Waals surface area contributed by atoms with Gasteiger partial charge in [0.05, 0.1) is 30.1 Å². The van der Waals surface area contributed by atoms with Crippen molar-refractivity contribution in [2.45, 2.75) is 109 Å². The van der Waals surface area contributed by atoms with Crippen LogP contribution in [0.4, 0.5) is 18.9 Å². The molecule has 2 atom stereocenters. The maximum Gasteiger partial charge on any atom is 0.419 e. The number of piperidine rings is 1. The number of carbonyl (C=O) groups excluding carboxylic acids is 1. The molecule has 0 aromatic carbocycles. The monoisotopic (exact) mass is 609 g/mol. The van der Waals surface area contributed by atoms with Crippen molar-refractivity contribution in [3.8, 4) is 6.07 Å². The third-order valence-electron chi connectivity index (χ3n) is 8.99. The fourth-order valence-electron chi connectivity index (χ4n) is 6.79. The predicted molar refractivity (Wildman–Crippen MR) is 153 cm³/mol. The number of nitrogens with zero attached hydrogens (tertiary/aromatic N) is 5. The Kier molecular flexibility index (Phi) is 9.50. The number of halogens is 3. The highest BCUT2D eigenvalue weighted by Gasteiger charge is 2.52.